The molecule has 1 aromatic rings. The van der Waals surface area contributed by atoms with E-state index in [4.69, 9.17) is 5.73 Å². The molecule has 0 saturated carbocycles. The highest BCUT2D eigenvalue weighted by Crippen LogP contribution is 2.29. The van der Waals surface area contributed by atoms with E-state index in [2.05, 4.69) is 50.8 Å². The maximum absolute atomic E-state index is 6.14. The molecular formula is C15H24N2. The van der Waals surface area contributed by atoms with Crippen LogP contribution in [0.4, 0.5) is 5.69 Å². The van der Waals surface area contributed by atoms with Crippen molar-refractivity contribution >= 4 is 5.69 Å². The van der Waals surface area contributed by atoms with Gasteiger partial charge in [-0.15, -0.1) is 0 Å². The fraction of sp³-hybridized carbons (Fsp3) is 0.600. The van der Waals surface area contributed by atoms with Gasteiger partial charge in [0.25, 0.3) is 0 Å². The summed E-state index contributed by atoms with van der Waals surface area (Å²) in [5.41, 5.74) is 10.2. The van der Waals surface area contributed by atoms with E-state index in [9.17, 15) is 0 Å². The molecule has 0 bridgehead atoms. The molecule has 1 heterocycles. The standard InChI is InChI=1S/C15H24N2/c1-10-7-11(2)9-14(8-10)17-6-5-15(16)12(3)13(17)4/h7-9,12-13,15H,5-6,16H2,1-4H3. The summed E-state index contributed by atoms with van der Waals surface area (Å²) in [6, 6.07) is 7.68. The van der Waals surface area contributed by atoms with Gasteiger partial charge in [0, 0.05) is 24.3 Å². The van der Waals surface area contributed by atoms with Gasteiger partial charge in [-0.25, -0.2) is 0 Å². The van der Waals surface area contributed by atoms with Crippen LogP contribution in [-0.2, 0) is 0 Å². The Hall–Kier alpha value is -1.02. The van der Waals surface area contributed by atoms with Gasteiger partial charge in [0.15, 0.2) is 0 Å². The first-order valence-corrected chi connectivity index (χ1v) is 6.59. The third-order valence-corrected chi connectivity index (χ3v) is 4.17. The van der Waals surface area contributed by atoms with Crippen molar-refractivity contribution < 1.29 is 0 Å². The lowest BCUT2D eigenvalue weighted by atomic mass is 9.87. The molecule has 1 fully saturated rings. The Morgan fingerprint density at radius 2 is 1.71 bits per heavy atom. The highest BCUT2D eigenvalue weighted by Gasteiger charge is 2.30. The zero-order valence-corrected chi connectivity index (χ0v) is 11.4. The van der Waals surface area contributed by atoms with Crippen molar-refractivity contribution in [2.24, 2.45) is 11.7 Å². The maximum Gasteiger partial charge on any atom is 0.0374 e. The lowest BCUT2D eigenvalue weighted by Gasteiger charge is -2.43. The minimum atomic E-state index is 0.354. The third-order valence-electron chi connectivity index (χ3n) is 4.17. The molecule has 0 aliphatic carbocycles. The Bertz CT molecular complexity index is 380. The minimum absolute atomic E-state index is 0.354. The molecule has 0 aromatic heterocycles. The zero-order valence-electron chi connectivity index (χ0n) is 11.4. The highest BCUT2D eigenvalue weighted by atomic mass is 15.2. The summed E-state index contributed by atoms with van der Waals surface area (Å²) in [5.74, 6) is 0.560. The molecule has 2 rings (SSSR count). The number of nitrogens with two attached hydrogens (primary N) is 1. The monoisotopic (exact) mass is 232 g/mol. The molecule has 17 heavy (non-hydrogen) atoms. The predicted molar refractivity (Wildman–Crippen MR) is 74.5 cm³/mol. The van der Waals surface area contributed by atoms with E-state index < -0.39 is 0 Å². The van der Waals surface area contributed by atoms with E-state index in [-0.39, 0.29) is 0 Å². The van der Waals surface area contributed by atoms with Gasteiger partial charge < -0.3 is 10.6 Å². The van der Waals surface area contributed by atoms with Crippen LogP contribution in [0.15, 0.2) is 18.2 Å². The van der Waals surface area contributed by atoms with Gasteiger partial charge in [0.05, 0.1) is 0 Å². The minimum Gasteiger partial charge on any atom is -0.368 e. The number of benzene rings is 1. The van der Waals surface area contributed by atoms with E-state index >= 15 is 0 Å². The molecule has 1 aromatic carbocycles. The van der Waals surface area contributed by atoms with Gasteiger partial charge in [-0.3, -0.25) is 0 Å². The van der Waals surface area contributed by atoms with Crippen molar-refractivity contribution in [1.29, 1.82) is 0 Å². The molecule has 2 N–H and O–H groups in total. The summed E-state index contributed by atoms with van der Waals surface area (Å²) < 4.78 is 0. The van der Waals surface area contributed by atoms with Crippen LogP contribution in [0, 0.1) is 19.8 Å². The largest absolute Gasteiger partial charge is 0.368 e. The van der Waals surface area contributed by atoms with Crippen LogP contribution in [0.25, 0.3) is 0 Å². The van der Waals surface area contributed by atoms with Crippen molar-refractivity contribution in [1.82, 2.24) is 0 Å². The van der Waals surface area contributed by atoms with Gasteiger partial charge in [0.1, 0.15) is 0 Å². The quantitative estimate of drug-likeness (QED) is 0.806. The Morgan fingerprint density at radius 3 is 2.29 bits per heavy atom. The van der Waals surface area contributed by atoms with Crippen LogP contribution in [-0.4, -0.2) is 18.6 Å². The fourth-order valence-electron chi connectivity index (χ4n) is 2.88. The fourth-order valence-corrected chi connectivity index (χ4v) is 2.88. The molecule has 94 valence electrons. The van der Waals surface area contributed by atoms with Crippen molar-refractivity contribution in [3.8, 4) is 0 Å². The summed E-state index contributed by atoms with van der Waals surface area (Å²) >= 11 is 0. The average molecular weight is 232 g/mol. The van der Waals surface area contributed by atoms with Crippen molar-refractivity contribution in [2.75, 3.05) is 11.4 Å². The lowest BCUT2D eigenvalue weighted by Crippen LogP contribution is -2.51. The normalized spacial score (nSPS) is 29.5. The number of anilines is 1. The van der Waals surface area contributed by atoms with Gasteiger partial charge in [-0.2, -0.15) is 0 Å². The van der Waals surface area contributed by atoms with E-state index in [1.807, 2.05) is 0 Å². The predicted octanol–water partition coefficient (Wildman–Crippen LogP) is 2.87. The second-order valence-electron chi connectivity index (χ2n) is 5.59. The van der Waals surface area contributed by atoms with Crippen molar-refractivity contribution in [3.63, 3.8) is 0 Å². The summed E-state index contributed by atoms with van der Waals surface area (Å²) in [6.45, 7) is 9.97. The van der Waals surface area contributed by atoms with Crippen molar-refractivity contribution in [3.05, 3.63) is 29.3 Å². The highest BCUT2D eigenvalue weighted by molar-refractivity contribution is 5.52. The number of hydrogen-bond acceptors (Lipinski definition) is 2. The van der Waals surface area contributed by atoms with Gasteiger partial charge in [0.2, 0.25) is 0 Å². The molecule has 1 aliphatic rings. The molecule has 3 unspecified atom stereocenters. The third kappa shape index (κ3) is 2.47. The first-order valence-electron chi connectivity index (χ1n) is 6.59. The van der Waals surface area contributed by atoms with Crippen LogP contribution >= 0.6 is 0 Å². The summed E-state index contributed by atoms with van der Waals surface area (Å²) in [7, 11) is 0. The zero-order chi connectivity index (χ0) is 12.6. The van der Waals surface area contributed by atoms with Crippen LogP contribution < -0.4 is 10.6 Å². The lowest BCUT2D eigenvalue weighted by molar-refractivity contribution is 0.315. The maximum atomic E-state index is 6.14. The topological polar surface area (TPSA) is 29.3 Å². The molecule has 1 saturated heterocycles. The van der Waals surface area contributed by atoms with E-state index in [0.29, 0.717) is 18.0 Å². The second kappa shape index (κ2) is 4.69. The number of piperidine rings is 1. The smallest absolute Gasteiger partial charge is 0.0374 e. The number of rotatable bonds is 1. The Labute approximate surface area is 105 Å². The van der Waals surface area contributed by atoms with Gasteiger partial charge in [-0.05, 0) is 56.4 Å². The molecular weight excluding hydrogens is 208 g/mol. The molecule has 2 heteroatoms. The molecule has 1 aliphatic heterocycles. The Balaban J connectivity index is 2.27. The van der Waals surface area contributed by atoms with Gasteiger partial charge in [-0.1, -0.05) is 13.0 Å². The summed E-state index contributed by atoms with van der Waals surface area (Å²) in [6.07, 6.45) is 1.10. The molecule has 0 radical (unpaired) electrons. The van der Waals surface area contributed by atoms with Crippen LogP contribution in [0.3, 0.4) is 0 Å². The van der Waals surface area contributed by atoms with E-state index in [0.717, 1.165) is 13.0 Å². The first-order chi connectivity index (χ1) is 7.99. The number of nitrogens with zero attached hydrogens (tertiary/aromatic N) is 1. The number of hydrogen-bond donors (Lipinski definition) is 1. The van der Waals surface area contributed by atoms with Crippen molar-refractivity contribution in [2.45, 2.75) is 46.2 Å². The second-order valence-corrected chi connectivity index (χ2v) is 5.59. The van der Waals surface area contributed by atoms with Crippen LogP contribution in [0.1, 0.15) is 31.4 Å². The molecule has 2 nitrogen and oxygen atoms in total. The average Bonchev–Trinajstić information content (AvgIpc) is 2.24. The first kappa shape index (κ1) is 12.4. The van der Waals surface area contributed by atoms with E-state index in [1.54, 1.807) is 0 Å². The van der Waals surface area contributed by atoms with E-state index in [1.165, 1.54) is 16.8 Å². The molecule has 3 atom stereocenters. The number of aryl methyl sites for hydroxylation is 2. The molecule has 0 spiro atoms. The summed E-state index contributed by atoms with van der Waals surface area (Å²) in [5, 5.41) is 0. The Kier molecular flexibility index (Phi) is 3.43. The van der Waals surface area contributed by atoms with Crippen LogP contribution in [0.2, 0.25) is 0 Å². The molecule has 0 amide bonds. The Morgan fingerprint density at radius 1 is 1.12 bits per heavy atom. The summed E-state index contributed by atoms with van der Waals surface area (Å²) in [4.78, 5) is 2.51. The van der Waals surface area contributed by atoms with Gasteiger partial charge >= 0.3 is 0 Å². The van der Waals surface area contributed by atoms with Crippen LogP contribution in [0.5, 0.6) is 0 Å². The SMILES string of the molecule is Cc1cc(C)cc(N2CCC(N)C(C)C2C)c1.